The molecule has 0 aromatic rings. The standard InChI is InChI=1S/C5H13O4P/c1-4(2)3-5(6)10(7,8)9/h4-6H,3H2,1-2H3,(H2,7,8,9)/p-1. The zero-order chi connectivity index (χ0) is 8.36. The molecule has 0 spiro atoms. The van der Waals surface area contributed by atoms with Gasteiger partial charge in [-0.25, -0.2) is 0 Å². The zero-order valence-corrected chi connectivity index (χ0v) is 6.91. The number of aliphatic hydroxyl groups excluding tert-OH is 1. The molecule has 0 aromatic heterocycles. The Labute approximate surface area is 60.0 Å². The van der Waals surface area contributed by atoms with Crippen molar-refractivity contribution in [1.29, 1.82) is 0 Å². The van der Waals surface area contributed by atoms with Gasteiger partial charge >= 0.3 is 0 Å². The molecule has 0 radical (unpaired) electrons. The molecule has 2 N–H and O–H groups in total. The molecule has 0 fully saturated rings. The van der Waals surface area contributed by atoms with E-state index < -0.39 is 13.4 Å². The fourth-order valence-electron chi connectivity index (χ4n) is 0.555. The molecule has 62 valence electrons. The Hall–Kier alpha value is 0.110. The van der Waals surface area contributed by atoms with Gasteiger partial charge in [0.1, 0.15) is 5.85 Å². The monoisotopic (exact) mass is 167 g/mol. The van der Waals surface area contributed by atoms with Crippen molar-refractivity contribution >= 4 is 7.60 Å². The molecule has 0 aliphatic heterocycles. The number of aliphatic hydroxyl groups is 1. The molecule has 5 heteroatoms. The average molecular weight is 167 g/mol. The van der Waals surface area contributed by atoms with E-state index in [1.165, 1.54) is 0 Å². The lowest BCUT2D eigenvalue weighted by atomic mass is 10.1. The summed E-state index contributed by atoms with van der Waals surface area (Å²) in [6.07, 6.45) is 0.0806. The molecule has 0 saturated carbocycles. The molecular weight excluding hydrogens is 155 g/mol. The van der Waals surface area contributed by atoms with E-state index in [2.05, 4.69) is 0 Å². The topological polar surface area (TPSA) is 80.6 Å². The predicted octanol–water partition coefficient (Wildman–Crippen LogP) is -0.103. The Kier molecular flexibility index (Phi) is 3.52. The Bertz CT molecular complexity index is 139. The summed E-state index contributed by atoms with van der Waals surface area (Å²) < 4.78 is 10.2. The lowest BCUT2D eigenvalue weighted by Crippen LogP contribution is -2.17. The van der Waals surface area contributed by atoms with Gasteiger partial charge in [0.05, 0.1) is 0 Å². The molecule has 0 rings (SSSR count). The van der Waals surface area contributed by atoms with Crippen molar-refractivity contribution in [3.63, 3.8) is 0 Å². The second kappa shape index (κ2) is 3.49. The first kappa shape index (κ1) is 10.1. The van der Waals surface area contributed by atoms with Gasteiger partial charge in [-0.2, -0.15) is 0 Å². The summed E-state index contributed by atoms with van der Waals surface area (Å²) in [5.41, 5.74) is 0. The maximum Gasteiger partial charge on any atom is 0.160 e. The fraction of sp³-hybridized carbons (Fsp3) is 1.00. The molecular formula is C5H12O4P-. The van der Waals surface area contributed by atoms with Gasteiger partial charge in [-0.3, -0.25) is 0 Å². The largest absolute Gasteiger partial charge is 0.777 e. The van der Waals surface area contributed by atoms with E-state index in [9.17, 15) is 9.46 Å². The molecule has 0 aromatic carbocycles. The van der Waals surface area contributed by atoms with Crippen LogP contribution in [0.5, 0.6) is 0 Å². The van der Waals surface area contributed by atoms with Gasteiger partial charge in [0.25, 0.3) is 0 Å². The van der Waals surface area contributed by atoms with Gasteiger partial charge in [-0.15, -0.1) is 0 Å². The van der Waals surface area contributed by atoms with Crippen molar-refractivity contribution in [1.82, 2.24) is 0 Å². The van der Waals surface area contributed by atoms with Crippen LogP contribution < -0.4 is 4.89 Å². The highest BCUT2D eigenvalue weighted by Gasteiger charge is 2.17. The summed E-state index contributed by atoms with van der Waals surface area (Å²) in [4.78, 5) is 18.5. The molecule has 0 amide bonds. The van der Waals surface area contributed by atoms with Gasteiger partial charge in [-0.05, 0) is 12.3 Å². The van der Waals surface area contributed by atoms with Crippen LogP contribution in [0, 0.1) is 5.92 Å². The lowest BCUT2D eigenvalue weighted by Gasteiger charge is -2.23. The quantitative estimate of drug-likeness (QED) is 0.575. The molecule has 0 aliphatic rings. The second-order valence-corrected chi connectivity index (χ2v) is 4.40. The van der Waals surface area contributed by atoms with E-state index in [-0.39, 0.29) is 12.3 Å². The van der Waals surface area contributed by atoms with Gasteiger partial charge in [0, 0.05) is 0 Å². The van der Waals surface area contributed by atoms with E-state index in [4.69, 9.17) is 10.00 Å². The normalized spacial score (nSPS) is 20.6. The van der Waals surface area contributed by atoms with Crippen molar-refractivity contribution in [3.05, 3.63) is 0 Å². The van der Waals surface area contributed by atoms with Crippen molar-refractivity contribution in [2.75, 3.05) is 0 Å². The van der Waals surface area contributed by atoms with Crippen molar-refractivity contribution in [2.45, 2.75) is 26.1 Å². The Morgan fingerprint density at radius 1 is 1.60 bits per heavy atom. The fourth-order valence-corrected chi connectivity index (χ4v) is 1.24. The maximum absolute atomic E-state index is 10.2. The third-order valence-electron chi connectivity index (χ3n) is 1.06. The molecule has 0 bridgehead atoms. The van der Waals surface area contributed by atoms with Crippen LogP contribution in [0.2, 0.25) is 0 Å². The van der Waals surface area contributed by atoms with Crippen molar-refractivity contribution < 1.29 is 19.5 Å². The maximum atomic E-state index is 10.2. The highest BCUT2D eigenvalue weighted by Crippen LogP contribution is 2.37. The van der Waals surface area contributed by atoms with E-state index in [0.29, 0.717) is 0 Å². The summed E-state index contributed by atoms with van der Waals surface area (Å²) in [7, 11) is -4.51. The zero-order valence-electron chi connectivity index (χ0n) is 6.02. The van der Waals surface area contributed by atoms with E-state index >= 15 is 0 Å². The molecule has 0 aliphatic carbocycles. The van der Waals surface area contributed by atoms with Crippen LogP contribution in [0.4, 0.5) is 0 Å². The first-order valence-corrected chi connectivity index (χ1v) is 4.70. The van der Waals surface area contributed by atoms with Gasteiger partial charge in [0.15, 0.2) is 7.60 Å². The van der Waals surface area contributed by atoms with Gasteiger partial charge < -0.3 is 19.5 Å². The van der Waals surface area contributed by atoms with Crippen LogP contribution in [0.25, 0.3) is 0 Å². The summed E-state index contributed by atoms with van der Waals surface area (Å²) in [5, 5.41) is 8.73. The van der Waals surface area contributed by atoms with Crippen molar-refractivity contribution in [3.8, 4) is 0 Å². The van der Waals surface area contributed by atoms with Crippen LogP contribution in [0.1, 0.15) is 20.3 Å². The summed E-state index contributed by atoms with van der Waals surface area (Å²) in [5.74, 6) is -1.54. The smallest absolute Gasteiger partial charge is 0.160 e. The van der Waals surface area contributed by atoms with Gasteiger partial charge in [-0.1, -0.05) is 13.8 Å². The molecule has 10 heavy (non-hydrogen) atoms. The summed E-state index contributed by atoms with van der Waals surface area (Å²) in [6.45, 7) is 3.53. The van der Waals surface area contributed by atoms with Crippen molar-refractivity contribution in [2.24, 2.45) is 5.92 Å². The second-order valence-electron chi connectivity index (χ2n) is 2.67. The van der Waals surface area contributed by atoms with Crippen LogP contribution in [0.3, 0.4) is 0 Å². The SMILES string of the molecule is CC(C)CC(O)P(=O)([O-])O. The Morgan fingerprint density at radius 3 is 2.10 bits per heavy atom. The highest BCUT2D eigenvalue weighted by atomic mass is 31.2. The Morgan fingerprint density at radius 2 is 2.00 bits per heavy atom. The minimum absolute atomic E-state index is 0.0597. The molecule has 4 nitrogen and oxygen atoms in total. The van der Waals surface area contributed by atoms with Crippen LogP contribution >= 0.6 is 7.60 Å². The highest BCUT2D eigenvalue weighted by molar-refractivity contribution is 7.50. The molecule has 2 unspecified atom stereocenters. The molecule has 2 atom stereocenters. The molecule has 0 saturated heterocycles. The summed E-state index contributed by atoms with van der Waals surface area (Å²) >= 11 is 0. The van der Waals surface area contributed by atoms with E-state index in [0.717, 1.165) is 0 Å². The molecule has 0 heterocycles. The lowest BCUT2D eigenvalue weighted by molar-refractivity contribution is -0.203. The van der Waals surface area contributed by atoms with Gasteiger partial charge in [0.2, 0.25) is 0 Å². The third-order valence-corrected chi connectivity index (χ3v) is 2.02. The van der Waals surface area contributed by atoms with Crippen LogP contribution in [-0.4, -0.2) is 15.8 Å². The average Bonchev–Trinajstić information content (AvgIpc) is 1.60. The summed E-state index contributed by atoms with van der Waals surface area (Å²) in [6, 6.07) is 0. The minimum Gasteiger partial charge on any atom is -0.777 e. The first-order valence-electron chi connectivity index (χ1n) is 3.05. The Balaban J connectivity index is 3.86. The first-order chi connectivity index (χ1) is 4.34. The minimum atomic E-state index is -4.51. The number of rotatable bonds is 3. The van der Waals surface area contributed by atoms with Crippen LogP contribution in [-0.2, 0) is 4.57 Å². The number of hydrogen-bond donors (Lipinski definition) is 2. The van der Waals surface area contributed by atoms with E-state index in [1.54, 1.807) is 13.8 Å². The third kappa shape index (κ3) is 4.01. The van der Waals surface area contributed by atoms with E-state index in [1.807, 2.05) is 0 Å². The van der Waals surface area contributed by atoms with Crippen LogP contribution in [0.15, 0.2) is 0 Å². The number of hydrogen-bond acceptors (Lipinski definition) is 3. The predicted molar refractivity (Wildman–Crippen MR) is 35.3 cm³/mol.